The quantitative estimate of drug-likeness (QED) is 0.790. The first-order valence-corrected chi connectivity index (χ1v) is 6.22. The number of carbonyl (C=O) groups excluding carboxylic acids is 1. The van der Waals surface area contributed by atoms with Crippen molar-refractivity contribution in [3.8, 4) is 0 Å². The number of nitrogens with zero attached hydrogens (tertiary/aromatic N) is 2. The van der Waals surface area contributed by atoms with Crippen molar-refractivity contribution in [2.45, 2.75) is 6.54 Å². The maximum atomic E-state index is 12.0. The summed E-state index contributed by atoms with van der Waals surface area (Å²) in [6.45, 7) is 0.606. The Labute approximate surface area is 115 Å². The summed E-state index contributed by atoms with van der Waals surface area (Å²) in [5.41, 5.74) is 2.26. The van der Waals surface area contributed by atoms with Crippen LogP contribution in [-0.4, -0.2) is 15.7 Å². The summed E-state index contributed by atoms with van der Waals surface area (Å²) < 4.78 is 6.72. The van der Waals surface area contributed by atoms with Gasteiger partial charge >= 0.3 is 0 Å². The van der Waals surface area contributed by atoms with Crippen molar-refractivity contribution < 1.29 is 9.21 Å². The van der Waals surface area contributed by atoms with Gasteiger partial charge in [-0.05, 0) is 23.8 Å². The lowest BCUT2D eigenvalue weighted by atomic mass is 10.1. The van der Waals surface area contributed by atoms with E-state index in [2.05, 4.69) is 10.4 Å². The molecule has 5 nitrogen and oxygen atoms in total. The van der Waals surface area contributed by atoms with Gasteiger partial charge in [-0.2, -0.15) is 5.10 Å². The third kappa shape index (κ3) is 2.61. The summed E-state index contributed by atoms with van der Waals surface area (Å²) in [7, 11) is 0. The zero-order valence-corrected chi connectivity index (χ0v) is 10.7. The lowest BCUT2D eigenvalue weighted by Crippen LogP contribution is -2.13. The summed E-state index contributed by atoms with van der Waals surface area (Å²) >= 11 is 0. The lowest BCUT2D eigenvalue weighted by Gasteiger charge is -2.10. The standard InChI is InChI=1S/C15H13N3O2/c19-15(13-6-9-20-11-13)17-14-5-2-1-4-12(14)10-18-8-3-7-16-18/h1-9,11H,10H2,(H,17,19). The molecule has 1 amide bonds. The molecule has 0 atom stereocenters. The largest absolute Gasteiger partial charge is 0.472 e. The molecule has 0 fully saturated rings. The molecule has 0 aliphatic rings. The predicted molar refractivity (Wildman–Crippen MR) is 74.4 cm³/mol. The van der Waals surface area contributed by atoms with E-state index < -0.39 is 0 Å². The van der Waals surface area contributed by atoms with Crippen LogP contribution in [0.1, 0.15) is 15.9 Å². The maximum Gasteiger partial charge on any atom is 0.258 e. The lowest BCUT2D eigenvalue weighted by molar-refractivity contribution is 0.102. The van der Waals surface area contributed by atoms with E-state index in [1.807, 2.05) is 41.2 Å². The van der Waals surface area contributed by atoms with Gasteiger partial charge in [-0.3, -0.25) is 9.48 Å². The number of anilines is 1. The van der Waals surface area contributed by atoms with Gasteiger partial charge in [0.2, 0.25) is 0 Å². The van der Waals surface area contributed by atoms with Crippen LogP contribution < -0.4 is 5.32 Å². The molecule has 2 heterocycles. The Bertz CT molecular complexity index is 688. The Morgan fingerprint density at radius 1 is 1.25 bits per heavy atom. The molecule has 100 valence electrons. The molecule has 0 unspecified atom stereocenters. The van der Waals surface area contributed by atoms with E-state index in [9.17, 15) is 4.79 Å². The SMILES string of the molecule is O=C(Nc1ccccc1Cn1cccn1)c1ccoc1. The molecular weight excluding hydrogens is 254 g/mol. The van der Waals surface area contributed by atoms with Crippen molar-refractivity contribution in [2.75, 3.05) is 5.32 Å². The van der Waals surface area contributed by atoms with Gasteiger partial charge in [-0.15, -0.1) is 0 Å². The maximum absolute atomic E-state index is 12.0. The number of nitrogens with one attached hydrogen (secondary N) is 1. The van der Waals surface area contributed by atoms with Crippen molar-refractivity contribution in [1.29, 1.82) is 0 Å². The summed E-state index contributed by atoms with van der Waals surface area (Å²) in [5, 5.41) is 7.06. The number of amides is 1. The number of rotatable bonds is 4. The van der Waals surface area contributed by atoms with Gasteiger partial charge < -0.3 is 9.73 Å². The second-order valence-corrected chi connectivity index (χ2v) is 4.33. The second-order valence-electron chi connectivity index (χ2n) is 4.33. The van der Waals surface area contributed by atoms with E-state index in [-0.39, 0.29) is 5.91 Å². The van der Waals surface area contributed by atoms with Crippen molar-refractivity contribution >= 4 is 11.6 Å². The molecule has 0 spiro atoms. The Morgan fingerprint density at radius 3 is 2.90 bits per heavy atom. The van der Waals surface area contributed by atoms with E-state index in [1.54, 1.807) is 12.3 Å². The van der Waals surface area contributed by atoms with Crippen LogP contribution in [0.2, 0.25) is 0 Å². The van der Waals surface area contributed by atoms with Crippen LogP contribution >= 0.6 is 0 Å². The molecule has 2 aromatic heterocycles. The molecule has 20 heavy (non-hydrogen) atoms. The number of furan rings is 1. The van der Waals surface area contributed by atoms with Crippen LogP contribution in [0.25, 0.3) is 0 Å². The van der Waals surface area contributed by atoms with Crippen molar-refractivity contribution in [3.05, 3.63) is 72.4 Å². The average molecular weight is 267 g/mol. The molecule has 0 aliphatic carbocycles. The normalized spacial score (nSPS) is 10.4. The predicted octanol–water partition coefficient (Wildman–Crippen LogP) is 2.78. The van der Waals surface area contributed by atoms with Gasteiger partial charge in [0, 0.05) is 18.1 Å². The number of para-hydroxylation sites is 1. The number of carbonyl (C=O) groups is 1. The van der Waals surface area contributed by atoms with Crippen LogP contribution in [0, 0.1) is 0 Å². The number of benzene rings is 1. The molecule has 0 bridgehead atoms. The number of hydrogen-bond donors (Lipinski definition) is 1. The minimum atomic E-state index is -0.188. The minimum absolute atomic E-state index is 0.188. The molecule has 1 aromatic carbocycles. The monoisotopic (exact) mass is 267 g/mol. The summed E-state index contributed by atoms with van der Waals surface area (Å²) in [4.78, 5) is 12.0. The van der Waals surface area contributed by atoms with Crippen LogP contribution in [0.4, 0.5) is 5.69 Å². The van der Waals surface area contributed by atoms with Crippen LogP contribution in [0.3, 0.4) is 0 Å². The van der Waals surface area contributed by atoms with Crippen LogP contribution in [0.5, 0.6) is 0 Å². The Hall–Kier alpha value is -2.82. The van der Waals surface area contributed by atoms with Gasteiger partial charge in [-0.1, -0.05) is 18.2 Å². The Kier molecular flexibility index (Phi) is 3.33. The highest BCUT2D eigenvalue weighted by Gasteiger charge is 2.10. The van der Waals surface area contributed by atoms with E-state index >= 15 is 0 Å². The smallest absolute Gasteiger partial charge is 0.258 e. The van der Waals surface area contributed by atoms with E-state index in [0.717, 1.165) is 11.3 Å². The fraction of sp³-hybridized carbons (Fsp3) is 0.0667. The molecule has 3 rings (SSSR count). The zero-order valence-electron chi connectivity index (χ0n) is 10.7. The van der Waals surface area contributed by atoms with Crippen molar-refractivity contribution in [3.63, 3.8) is 0 Å². The van der Waals surface area contributed by atoms with Gasteiger partial charge in [0.25, 0.3) is 5.91 Å². The molecular formula is C15H13N3O2. The summed E-state index contributed by atoms with van der Waals surface area (Å²) in [6, 6.07) is 11.2. The third-order valence-corrected chi connectivity index (χ3v) is 2.94. The number of aromatic nitrogens is 2. The van der Waals surface area contributed by atoms with Crippen LogP contribution in [0.15, 0.2) is 65.7 Å². The highest BCUT2D eigenvalue weighted by Crippen LogP contribution is 2.17. The van der Waals surface area contributed by atoms with Crippen molar-refractivity contribution in [2.24, 2.45) is 0 Å². The first-order valence-electron chi connectivity index (χ1n) is 6.22. The number of hydrogen-bond acceptors (Lipinski definition) is 3. The third-order valence-electron chi connectivity index (χ3n) is 2.94. The molecule has 5 heteroatoms. The van der Waals surface area contributed by atoms with E-state index in [4.69, 9.17) is 4.42 Å². The first kappa shape index (κ1) is 12.2. The fourth-order valence-corrected chi connectivity index (χ4v) is 1.94. The average Bonchev–Trinajstić information content (AvgIpc) is 3.13. The fourth-order valence-electron chi connectivity index (χ4n) is 1.94. The molecule has 0 aliphatic heterocycles. The van der Waals surface area contributed by atoms with Gasteiger partial charge in [0.15, 0.2) is 0 Å². The second kappa shape index (κ2) is 5.44. The molecule has 0 saturated carbocycles. The topological polar surface area (TPSA) is 60.1 Å². The Morgan fingerprint density at radius 2 is 2.15 bits per heavy atom. The first-order chi connectivity index (χ1) is 9.83. The zero-order chi connectivity index (χ0) is 13.8. The van der Waals surface area contributed by atoms with Crippen LogP contribution in [-0.2, 0) is 6.54 Å². The summed E-state index contributed by atoms with van der Waals surface area (Å²) in [5.74, 6) is -0.188. The molecule has 0 saturated heterocycles. The highest BCUT2D eigenvalue weighted by atomic mass is 16.3. The van der Waals surface area contributed by atoms with Gasteiger partial charge in [0.05, 0.1) is 18.4 Å². The van der Waals surface area contributed by atoms with Gasteiger partial charge in [-0.25, -0.2) is 0 Å². The molecule has 1 N–H and O–H groups in total. The highest BCUT2D eigenvalue weighted by molar-refractivity contribution is 6.04. The molecule has 0 radical (unpaired) electrons. The minimum Gasteiger partial charge on any atom is -0.472 e. The molecule has 3 aromatic rings. The summed E-state index contributed by atoms with van der Waals surface area (Å²) in [6.07, 6.45) is 6.51. The van der Waals surface area contributed by atoms with Gasteiger partial charge in [0.1, 0.15) is 6.26 Å². The van der Waals surface area contributed by atoms with E-state index in [1.165, 1.54) is 12.5 Å². The van der Waals surface area contributed by atoms with Crippen molar-refractivity contribution in [1.82, 2.24) is 9.78 Å². The Balaban J connectivity index is 1.81. The van der Waals surface area contributed by atoms with E-state index in [0.29, 0.717) is 12.1 Å².